The molecule has 0 atom stereocenters. The number of hydrogen-bond donors (Lipinski definition) is 2. The normalized spacial score (nSPS) is 10.5. The van der Waals surface area contributed by atoms with Gasteiger partial charge in [0.15, 0.2) is 0 Å². The van der Waals surface area contributed by atoms with Gasteiger partial charge in [-0.25, -0.2) is 0 Å². The van der Waals surface area contributed by atoms with E-state index in [1.165, 1.54) is 0 Å². The molecule has 0 bridgehead atoms. The number of rotatable bonds is 5. The van der Waals surface area contributed by atoms with Crippen LogP contribution in [0.1, 0.15) is 11.3 Å². The molecule has 0 radical (unpaired) electrons. The molecule has 0 aliphatic heterocycles. The summed E-state index contributed by atoms with van der Waals surface area (Å²) in [6.07, 6.45) is 0. The fourth-order valence-corrected chi connectivity index (χ4v) is 2.24. The molecule has 0 aliphatic rings. The molecule has 3 heteroatoms. The first-order valence-corrected chi connectivity index (χ1v) is 6.93. The second-order valence-electron chi connectivity index (χ2n) is 4.80. The predicted octanol–water partition coefficient (Wildman–Crippen LogP) is 4.05. The molecule has 0 saturated carbocycles. The lowest BCUT2D eigenvalue weighted by molar-refractivity contribution is 0.282. The summed E-state index contributed by atoms with van der Waals surface area (Å²) in [4.78, 5) is 0. The minimum atomic E-state index is 0.0244. The standard InChI is InChI=1S/C18H17NO2/c20-13-15-8-4-5-9-17(15)19-12-16-10-11-18(21-16)14-6-2-1-3-7-14/h1-11,19-20H,12-13H2. The van der Waals surface area contributed by atoms with E-state index in [4.69, 9.17) is 4.42 Å². The first-order valence-electron chi connectivity index (χ1n) is 6.93. The van der Waals surface area contributed by atoms with Crippen LogP contribution < -0.4 is 5.32 Å². The largest absolute Gasteiger partial charge is 0.459 e. The third-order valence-corrected chi connectivity index (χ3v) is 3.36. The van der Waals surface area contributed by atoms with Gasteiger partial charge in [-0.05, 0) is 18.2 Å². The lowest BCUT2D eigenvalue weighted by atomic mass is 10.2. The smallest absolute Gasteiger partial charge is 0.134 e. The zero-order chi connectivity index (χ0) is 14.5. The quantitative estimate of drug-likeness (QED) is 0.740. The van der Waals surface area contributed by atoms with Crippen LogP contribution in [0.15, 0.2) is 71.1 Å². The van der Waals surface area contributed by atoms with Gasteiger partial charge in [0.05, 0.1) is 13.2 Å². The van der Waals surface area contributed by atoms with Crippen LogP contribution in [0.5, 0.6) is 0 Å². The predicted molar refractivity (Wildman–Crippen MR) is 83.8 cm³/mol. The lowest BCUT2D eigenvalue weighted by Gasteiger charge is -2.08. The Balaban J connectivity index is 1.71. The zero-order valence-corrected chi connectivity index (χ0v) is 11.6. The van der Waals surface area contributed by atoms with E-state index < -0.39 is 0 Å². The average molecular weight is 279 g/mol. The molecule has 2 aromatic carbocycles. The van der Waals surface area contributed by atoms with Crippen LogP contribution in [-0.2, 0) is 13.2 Å². The number of para-hydroxylation sites is 1. The van der Waals surface area contributed by atoms with Crippen molar-refractivity contribution in [3.63, 3.8) is 0 Å². The Morgan fingerprint density at radius 2 is 1.62 bits per heavy atom. The van der Waals surface area contributed by atoms with Crippen molar-refractivity contribution in [2.75, 3.05) is 5.32 Å². The van der Waals surface area contributed by atoms with Gasteiger partial charge in [0, 0.05) is 16.8 Å². The Labute approximate surface area is 123 Å². The van der Waals surface area contributed by atoms with Gasteiger partial charge in [0.1, 0.15) is 11.5 Å². The van der Waals surface area contributed by atoms with Gasteiger partial charge < -0.3 is 14.8 Å². The van der Waals surface area contributed by atoms with Crippen molar-refractivity contribution in [2.45, 2.75) is 13.2 Å². The summed E-state index contributed by atoms with van der Waals surface area (Å²) in [5, 5.41) is 12.6. The highest BCUT2D eigenvalue weighted by atomic mass is 16.3. The maximum Gasteiger partial charge on any atom is 0.134 e. The van der Waals surface area contributed by atoms with Gasteiger partial charge in [-0.1, -0.05) is 48.5 Å². The number of anilines is 1. The minimum absolute atomic E-state index is 0.0244. The molecule has 0 saturated heterocycles. The van der Waals surface area contributed by atoms with E-state index in [0.717, 1.165) is 28.3 Å². The number of hydrogen-bond acceptors (Lipinski definition) is 3. The third-order valence-electron chi connectivity index (χ3n) is 3.36. The van der Waals surface area contributed by atoms with Crippen LogP contribution in [0.4, 0.5) is 5.69 Å². The number of furan rings is 1. The van der Waals surface area contributed by atoms with Crippen molar-refractivity contribution in [1.29, 1.82) is 0 Å². The SMILES string of the molecule is OCc1ccccc1NCc1ccc(-c2ccccc2)o1. The van der Waals surface area contributed by atoms with Gasteiger partial charge >= 0.3 is 0 Å². The molecule has 0 amide bonds. The van der Waals surface area contributed by atoms with Crippen LogP contribution in [-0.4, -0.2) is 5.11 Å². The van der Waals surface area contributed by atoms with Gasteiger partial charge in [0.25, 0.3) is 0 Å². The van der Waals surface area contributed by atoms with Crippen LogP contribution in [0.3, 0.4) is 0 Å². The van der Waals surface area contributed by atoms with E-state index in [-0.39, 0.29) is 6.61 Å². The topological polar surface area (TPSA) is 45.4 Å². The average Bonchev–Trinajstić information content (AvgIpc) is 3.03. The third kappa shape index (κ3) is 3.15. The Bertz CT molecular complexity index is 704. The molecule has 0 unspecified atom stereocenters. The molecular formula is C18H17NO2. The summed E-state index contributed by atoms with van der Waals surface area (Å²) in [6, 6.07) is 21.7. The first kappa shape index (κ1) is 13.5. The number of aliphatic hydroxyl groups is 1. The van der Waals surface area contributed by atoms with Gasteiger partial charge in [-0.3, -0.25) is 0 Å². The molecule has 0 aliphatic carbocycles. The van der Waals surface area contributed by atoms with Gasteiger partial charge in [-0.15, -0.1) is 0 Å². The molecular weight excluding hydrogens is 262 g/mol. The second-order valence-corrected chi connectivity index (χ2v) is 4.80. The van der Waals surface area contributed by atoms with Crippen molar-refractivity contribution >= 4 is 5.69 Å². The summed E-state index contributed by atoms with van der Waals surface area (Å²) in [5.74, 6) is 1.73. The number of aliphatic hydroxyl groups excluding tert-OH is 1. The molecule has 1 aromatic heterocycles. The summed E-state index contributed by atoms with van der Waals surface area (Å²) in [6.45, 7) is 0.612. The van der Waals surface area contributed by atoms with Crippen molar-refractivity contribution in [1.82, 2.24) is 0 Å². The van der Waals surface area contributed by atoms with Gasteiger partial charge in [-0.2, -0.15) is 0 Å². The fourth-order valence-electron chi connectivity index (χ4n) is 2.24. The number of benzene rings is 2. The maximum absolute atomic E-state index is 9.30. The van der Waals surface area contributed by atoms with Crippen molar-refractivity contribution in [3.8, 4) is 11.3 Å². The van der Waals surface area contributed by atoms with E-state index in [1.807, 2.05) is 66.7 Å². The molecule has 106 valence electrons. The summed E-state index contributed by atoms with van der Waals surface area (Å²) < 4.78 is 5.84. The van der Waals surface area contributed by atoms with Crippen LogP contribution >= 0.6 is 0 Å². The summed E-state index contributed by atoms with van der Waals surface area (Å²) in [5.41, 5.74) is 2.88. The van der Waals surface area contributed by atoms with E-state index in [2.05, 4.69) is 5.32 Å². The minimum Gasteiger partial charge on any atom is -0.459 e. The molecule has 21 heavy (non-hydrogen) atoms. The lowest BCUT2D eigenvalue weighted by Crippen LogP contribution is -2.01. The Kier molecular flexibility index (Phi) is 4.03. The molecule has 3 rings (SSSR count). The molecule has 3 aromatic rings. The van der Waals surface area contributed by atoms with Crippen LogP contribution in [0.25, 0.3) is 11.3 Å². The summed E-state index contributed by atoms with van der Waals surface area (Å²) >= 11 is 0. The maximum atomic E-state index is 9.30. The number of nitrogens with one attached hydrogen (secondary N) is 1. The Morgan fingerprint density at radius 3 is 2.43 bits per heavy atom. The van der Waals surface area contributed by atoms with E-state index in [9.17, 15) is 5.11 Å². The van der Waals surface area contributed by atoms with Crippen molar-refractivity contribution in [3.05, 3.63) is 78.1 Å². The summed E-state index contributed by atoms with van der Waals surface area (Å²) in [7, 11) is 0. The molecule has 0 fully saturated rings. The fraction of sp³-hybridized carbons (Fsp3) is 0.111. The van der Waals surface area contributed by atoms with Crippen molar-refractivity contribution in [2.24, 2.45) is 0 Å². The molecule has 0 spiro atoms. The van der Waals surface area contributed by atoms with E-state index in [0.29, 0.717) is 6.54 Å². The van der Waals surface area contributed by atoms with Crippen LogP contribution in [0.2, 0.25) is 0 Å². The monoisotopic (exact) mass is 279 g/mol. The van der Waals surface area contributed by atoms with Crippen molar-refractivity contribution < 1.29 is 9.52 Å². The van der Waals surface area contributed by atoms with Gasteiger partial charge in [0.2, 0.25) is 0 Å². The molecule has 2 N–H and O–H groups in total. The van der Waals surface area contributed by atoms with E-state index >= 15 is 0 Å². The first-order chi connectivity index (χ1) is 10.4. The highest BCUT2D eigenvalue weighted by Crippen LogP contribution is 2.23. The highest BCUT2D eigenvalue weighted by molar-refractivity contribution is 5.57. The Morgan fingerprint density at radius 1 is 0.857 bits per heavy atom. The highest BCUT2D eigenvalue weighted by Gasteiger charge is 2.05. The molecule has 1 heterocycles. The van der Waals surface area contributed by atoms with E-state index in [1.54, 1.807) is 0 Å². The zero-order valence-electron chi connectivity index (χ0n) is 11.6. The van der Waals surface area contributed by atoms with Crippen LogP contribution in [0, 0.1) is 0 Å². The molecule has 3 nitrogen and oxygen atoms in total. The second kappa shape index (κ2) is 6.29. The Hall–Kier alpha value is -2.52.